The van der Waals surface area contributed by atoms with E-state index >= 15 is 0 Å². The number of likely N-dealkylation sites (tertiary alicyclic amines) is 1. The van der Waals surface area contributed by atoms with Gasteiger partial charge < -0.3 is 9.64 Å². The molecule has 1 aliphatic carbocycles. The third kappa shape index (κ3) is 4.26. The van der Waals surface area contributed by atoms with Gasteiger partial charge in [0.05, 0.1) is 24.9 Å². The fraction of sp³-hybridized carbons (Fsp3) is 0.714. The van der Waals surface area contributed by atoms with E-state index in [1.807, 2.05) is 6.20 Å². The molecule has 2 saturated heterocycles. The van der Waals surface area contributed by atoms with Crippen molar-refractivity contribution in [3.63, 3.8) is 0 Å². The first kappa shape index (κ1) is 17.9. The molecule has 0 bridgehead atoms. The van der Waals surface area contributed by atoms with E-state index in [1.165, 1.54) is 31.2 Å². The quantitative estimate of drug-likeness (QED) is 0.812. The average Bonchev–Trinajstić information content (AvgIpc) is 3.35. The first-order chi connectivity index (χ1) is 12.8. The van der Waals surface area contributed by atoms with Gasteiger partial charge in [-0.25, -0.2) is 0 Å². The molecule has 142 valence electrons. The van der Waals surface area contributed by atoms with Crippen molar-refractivity contribution in [2.45, 2.75) is 57.5 Å². The lowest BCUT2D eigenvalue weighted by Gasteiger charge is -2.27. The van der Waals surface area contributed by atoms with E-state index in [0.29, 0.717) is 11.8 Å². The standard InChI is InChI=1S/C21H31N3O2/c25-21(14-17-4-1-2-5-17)24-9-3-6-20(24)19-8-7-18(15-22-19)16-23-10-12-26-13-11-23/h7-8,15,17,20H,1-6,9-14,16H2/t20-/m0/s1. The summed E-state index contributed by atoms with van der Waals surface area (Å²) < 4.78 is 5.41. The number of carbonyl (C=O) groups excluding carboxylic acids is 1. The highest BCUT2D eigenvalue weighted by molar-refractivity contribution is 5.77. The first-order valence-electron chi connectivity index (χ1n) is 10.3. The van der Waals surface area contributed by atoms with E-state index in [9.17, 15) is 4.79 Å². The Morgan fingerprint density at radius 3 is 2.62 bits per heavy atom. The third-order valence-corrected chi connectivity index (χ3v) is 6.21. The Morgan fingerprint density at radius 1 is 1.08 bits per heavy atom. The summed E-state index contributed by atoms with van der Waals surface area (Å²) in [6.45, 7) is 5.47. The summed E-state index contributed by atoms with van der Waals surface area (Å²) >= 11 is 0. The van der Waals surface area contributed by atoms with Gasteiger partial charge in [0.25, 0.3) is 0 Å². The van der Waals surface area contributed by atoms with Gasteiger partial charge in [-0.3, -0.25) is 14.7 Å². The smallest absolute Gasteiger partial charge is 0.223 e. The van der Waals surface area contributed by atoms with Gasteiger partial charge in [-0.15, -0.1) is 0 Å². The van der Waals surface area contributed by atoms with Gasteiger partial charge in [0.1, 0.15) is 0 Å². The average molecular weight is 357 g/mol. The molecule has 4 rings (SSSR count). The molecule has 0 unspecified atom stereocenters. The Kier molecular flexibility index (Phi) is 5.85. The Labute approximate surface area is 156 Å². The molecule has 3 heterocycles. The number of hydrogen-bond donors (Lipinski definition) is 0. The highest BCUT2D eigenvalue weighted by atomic mass is 16.5. The number of ether oxygens (including phenoxy) is 1. The lowest BCUT2D eigenvalue weighted by molar-refractivity contribution is -0.133. The normalized spacial score (nSPS) is 25.1. The fourth-order valence-corrected chi connectivity index (χ4v) is 4.70. The van der Waals surface area contributed by atoms with Crippen LogP contribution in [0.15, 0.2) is 18.3 Å². The number of morpholine rings is 1. The molecule has 2 aliphatic heterocycles. The summed E-state index contributed by atoms with van der Waals surface area (Å²) in [4.78, 5) is 22.0. The maximum atomic E-state index is 12.8. The van der Waals surface area contributed by atoms with Crippen molar-refractivity contribution < 1.29 is 9.53 Å². The Bertz CT molecular complexity index is 592. The minimum absolute atomic E-state index is 0.182. The summed E-state index contributed by atoms with van der Waals surface area (Å²) in [6.07, 6.45) is 9.96. The molecule has 1 atom stereocenters. The highest BCUT2D eigenvalue weighted by Gasteiger charge is 2.32. The van der Waals surface area contributed by atoms with E-state index in [0.717, 1.165) is 64.3 Å². The fourth-order valence-electron chi connectivity index (χ4n) is 4.70. The van der Waals surface area contributed by atoms with E-state index < -0.39 is 0 Å². The van der Waals surface area contributed by atoms with Crippen molar-refractivity contribution >= 4 is 5.91 Å². The monoisotopic (exact) mass is 357 g/mol. The second kappa shape index (κ2) is 8.49. The molecule has 0 aromatic carbocycles. The minimum Gasteiger partial charge on any atom is -0.379 e. The van der Waals surface area contributed by atoms with Crippen LogP contribution in [0.2, 0.25) is 0 Å². The summed E-state index contributed by atoms with van der Waals surface area (Å²) in [5, 5.41) is 0. The zero-order valence-electron chi connectivity index (χ0n) is 15.7. The molecule has 1 saturated carbocycles. The van der Waals surface area contributed by atoms with Crippen LogP contribution in [0.4, 0.5) is 0 Å². The van der Waals surface area contributed by atoms with E-state index in [1.54, 1.807) is 0 Å². The highest BCUT2D eigenvalue weighted by Crippen LogP contribution is 2.34. The van der Waals surface area contributed by atoms with Gasteiger partial charge >= 0.3 is 0 Å². The predicted octanol–water partition coefficient (Wildman–Crippen LogP) is 3.16. The van der Waals surface area contributed by atoms with Crippen LogP contribution in [0.5, 0.6) is 0 Å². The van der Waals surface area contributed by atoms with E-state index in [-0.39, 0.29) is 6.04 Å². The van der Waals surface area contributed by atoms with Crippen LogP contribution in [0.3, 0.4) is 0 Å². The molecule has 0 N–H and O–H groups in total. The van der Waals surface area contributed by atoms with Crippen LogP contribution >= 0.6 is 0 Å². The topological polar surface area (TPSA) is 45.7 Å². The van der Waals surface area contributed by atoms with Crippen LogP contribution < -0.4 is 0 Å². The molecule has 0 radical (unpaired) electrons. The lowest BCUT2D eigenvalue weighted by Crippen LogP contribution is -2.35. The molecule has 1 amide bonds. The largest absolute Gasteiger partial charge is 0.379 e. The van der Waals surface area contributed by atoms with Crippen molar-refractivity contribution in [1.82, 2.24) is 14.8 Å². The van der Waals surface area contributed by atoms with Gasteiger partial charge in [0, 0.05) is 38.8 Å². The Morgan fingerprint density at radius 2 is 1.88 bits per heavy atom. The Balaban J connectivity index is 1.36. The number of aromatic nitrogens is 1. The maximum Gasteiger partial charge on any atom is 0.223 e. The van der Waals surface area contributed by atoms with Crippen LogP contribution in [-0.4, -0.2) is 53.5 Å². The lowest BCUT2D eigenvalue weighted by atomic mass is 10.0. The predicted molar refractivity (Wildman–Crippen MR) is 101 cm³/mol. The van der Waals surface area contributed by atoms with E-state index in [4.69, 9.17) is 9.72 Å². The Hall–Kier alpha value is -1.46. The number of amides is 1. The molecular formula is C21H31N3O2. The second-order valence-electron chi connectivity index (χ2n) is 8.08. The summed E-state index contributed by atoms with van der Waals surface area (Å²) in [5.74, 6) is 0.964. The van der Waals surface area contributed by atoms with Crippen LogP contribution in [-0.2, 0) is 16.1 Å². The van der Waals surface area contributed by atoms with Gasteiger partial charge in [-0.2, -0.15) is 0 Å². The molecule has 5 nitrogen and oxygen atoms in total. The molecule has 1 aromatic heterocycles. The molecule has 26 heavy (non-hydrogen) atoms. The van der Waals surface area contributed by atoms with Crippen molar-refractivity contribution in [1.29, 1.82) is 0 Å². The molecule has 0 spiro atoms. The number of hydrogen-bond acceptors (Lipinski definition) is 4. The number of carbonyl (C=O) groups is 1. The van der Waals surface area contributed by atoms with Crippen LogP contribution in [0.25, 0.3) is 0 Å². The van der Waals surface area contributed by atoms with E-state index in [2.05, 4.69) is 21.9 Å². The van der Waals surface area contributed by atoms with Crippen molar-refractivity contribution in [3.8, 4) is 0 Å². The molecule has 1 aromatic rings. The first-order valence-corrected chi connectivity index (χ1v) is 10.3. The van der Waals surface area contributed by atoms with Gasteiger partial charge in [0.15, 0.2) is 0 Å². The number of rotatable bonds is 5. The van der Waals surface area contributed by atoms with Crippen molar-refractivity contribution in [2.75, 3.05) is 32.8 Å². The number of nitrogens with zero attached hydrogens (tertiary/aromatic N) is 3. The molecular weight excluding hydrogens is 326 g/mol. The minimum atomic E-state index is 0.182. The zero-order valence-corrected chi connectivity index (χ0v) is 15.7. The van der Waals surface area contributed by atoms with Crippen molar-refractivity contribution in [2.24, 2.45) is 5.92 Å². The molecule has 5 heteroatoms. The molecule has 3 aliphatic rings. The van der Waals surface area contributed by atoms with Crippen LogP contribution in [0.1, 0.15) is 62.2 Å². The summed E-state index contributed by atoms with van der Waals surface area (Å²) in [6, 6.07) is 4.51. The van der Waals surface area contributed by atoms with Crippen molar-refractivity contribution in [3.05, 3.63) is 29.6 Å². The maximum absolute atomic E-state index is 12.8. The number of pyridine rings is 1. The van der Waals surface area contributed by atoms with Gasteiger partial charge in [0.2, 0.25) is 5.91 Å². The van der Waals surface area contributed by atoms with Crippen LogP contribution in [0, 0.1) is 5.92 Å². The summed E-state index contributed by atoms with van der Waals surface area (Å²) in [5.41, 5.74) is 2.31. The summed E-state index contributed by atoms with van der Waals surface area (Å²) in [7, 11) is 0. The zero-order chi connectivity index (χ0) is 17.8. The molecule has 3 fully saturated rings. The SMILES string of the molecule is O=C(CC1CCCC1)N1CCC[C@H]1c1ccc(CN2CCOCC2)cn1. The van der Waals surface area contributed by atoms with Gasteiger partial charge in [-0.05, 0) is 43.2 Å². The van der Waals surface area contributed by atoms with Gasteiger partial charge in [-0.1, -0.05) is 18.9 Å². The third-order valence-electron chi connectivity index (χ3n) is 6.21. The second-order valence-corrected chi connectivity index (χ2v) is 8.08.